The average molecular weight is 210 g/mol. The van der Waals surface area contributed by atoms with Gasteiger partial charge in [-0.25, -0.2) is 4.98 Å². The molecule has 0 unspecified atom stereocenters. The summed E-state index contributed by atoms with van der Waals surface area (Å²) >= 11 is 0. The molecule has 0 amide bonds. The molecule has 80 valence electrons. The van der Waals surface area contributed by atoms with Crippen LogP contribution in [0.25, 0.3) is 0 Å². The molecule has 15 heavy (non-hydrogen) atoms. The highest BCUT2D eigenvalue weighted by molar-refractivity contribution is 5.95. The minimum Gasteiger partial charge on any atom is -0.455 e. The van der Waals surface area contributed by atoms with Crippen molar-refractivity contribution in [2.75, 3.05) is 13.2 Å². The Kier molecular flexibility index (Phi) is 2.64. The lowest BCUT2D eigenvalue weighted by atomic mass is 10.3. The first-order chi connectivity index (χ1) is 7.29. The van der Waals surface area contributed by atoms with E-state index in [0.717, 1.165) is 0 Å². The zero-order chi connectivity index (χ0) is 10.7. The Labute approximate surface area is 85.5 Å². The van der Waals surface area contributed by atoms with Crippen molar-refractivity contribution in [2.24, 2.45) is 10.9 Å². The second-order valence-corrected chi connectivity index (χ2v) is 2.99. The molecule has 1 saturated heterocycles. The topological polar surface area (TPSA) is 103 Å². The molecule has 0 radical (unpaired) electrons. The number of rotatable bonds is 3. The van der Waals surface area contributed by atoms with Gasteiger partial charge in [-0.15, -0.1) is 0 Å². The molecule has 1 fully saturated rings. The predicted octanol–water partition coefficient (Wildman–Crippen LogP) is -0.651. The van der Waals surface area contributed by atoms with E-state index >= 15 is 0 Å². The Hall–Kier alpha value is -1.89. The van der Waals surface area contributed by atoms with Crippen LogP contribution < -0.4 is 10.5 Å². The zero-order valence-corrected chi connectivity index (χ0v) is 7.83. The van der Waals surface area contributed by atoms with Crippen molar-refractivity contribution in [1.82, 2.24) is 9.97 Å². The smallest absolute Gasteiger partial charge is 0.317 e. The molecule has 0 aromatic carbocycles. The van der Waals surface area contributed by atoms with Crippen LogP contribution in [0.2, 0.25) is 0 Å². The predicted molar refractivity (Wildman–Crippen MR) is 49.8 cm³/mol. The summed E-state index contributed by atoms with van der Waals surface area (Å²) in [6, 6.07) is 1.73. The Morgan fingerprint density at radius 2 is 2.47 bits per heavy atom. The van der Waals surface area contributed by atoms with Crippen LogP contribution in [-0.4, -0.2) is 40.3 Å². The van der Waals surface area contributed by atoms with Gasteiger partial charge in [0.1, 0.15) is 11.8 Å². The Morgan fingerprint density at radius 1 is 1.67 bits per heavy atom. The summed E-state index contributed by atoms with van der Waals surface area (Å²) in [6.07, 6.45) is 1.47. The summed E-state index contributed by atoms with van der Waals surface area (Å²) in [6.45, 7) is 1.08. The van der Waals surface area contributed by atoms with Crippen molar-refractivity contribution in [3.8, 4) is 6.01 Å². The van der Waals surface area contributed by atoms with Crippen LogP contribution >= 0.6 is 0 Å². The van der Waals surface area contributed by atoms with Gasteiger partial charge in [0.25, 0.3) is 0 Å². The normalized spacial score (nSPS) is 17.2. The van der Waals surface area contributed by atoms with Crippen molar-refractivity contribution in [2.45, 2.75) is 6.10 Å². The molecular formula is C8H10N4O3. The van der Waals surface area contributed by atoms with Gasteiger partial charge in [0.05, 0.1) is 13.2 Å². The molecule has 0 spiro atoms. The third kappa shape index (κ3) is 2.13. The molecule has 1 aliphatic heterocycles. The molecule has 3 N–H and O–H groups in total. The van der Waals surface area contributed by atoms with E-state index in [4.69, 9.17) is 20.4 Å². The lowest BCUT2D eigenvalue weighted by molar-refractivity contribution is -0.0831. The number of nitrogens with zero attached hydrogens (tertiary/aromatic N) is 3. The third-order valence-corrected chi connectivity index (χ3v) is 1.88. The van der Waals surface area contributed by atoms with Gasteiger partial charge in [-0.2, -0.15) is 4.98 Å². The first-order valence-electron chi connectivity index (χ1n) is 4.35. The largest absolute Gasteiger partial charge is 0.455 e. The first kappa shape index (κ1) is 9.66. The van der Waals surface area contributed by atoms with Gasteiger partial charge in [0, 0.05) is 6.20 Å². The van der Waals surface area contributed by atoms with Crippen molar-refractivity contribution in [3.05, 3.63) is 18.0 Å². The zero-order valence-electron chi connectivity index (χ0n) is 7.83. The van der Waals surface area contributed by atoms with Gasteiger partial charge in [-0.05, 0) is 6.07 Å². The molecule has 7 nitrogen and oxygen atoms in total. The maximum Gasteiger partial charge on any atom is 0.317 e. The fourth-order valence-electron chi connectivity index (χ4n) is 1.02. The standard InChI is InChI=1S/C8H10N4O3/c9-7(12-13)6-1-2-10-8(11-6)15-5-3-14-4-5/h1-2,5,13H,3-4H2,(H2,9,12). The van der Waals surface area contributed by atoms with E-state index in [2.05, 4.69) is 15.1 Å². The second kappa shape index (κ2) is 4.09. The minimum absolute atomic E-state index is 0.00691. The van der Waals surface area contributed by atoms with E-state index in [1.165, 1.54) is 12.3 Å². The lowest BCUT2D eigenvalue weighted by Gasteiger charge is -2.25. The molecular weight excluding hydrogens is 200 g/mol. The Bertz CT molecular complexity index is 378. The van der Waals surface area contributed by atoms with Crippen LogP contribution in [0, 0.1) is 0 Å². The van der Waals surface area contributed by atoms with Crippen LogP contribution in [0.15, 0.2) is 17.4 Å². The number of nitrogens with two attached hydrogens (primary N) is 1. The van der Waals surface area contributed by atoms with Crippen LogP contribution in [0.3, 0.4) is 0 Å². The molecule has 1 aromatic heterocycles. The third-order valence-electron chi connectivity index (χ3n) is 1.88. The maximum absolute atomic E-state index is 8.46. The maximum atomic E-state index is 8.46. The summed E-state index contributed by atoms with van der Waals surface area (Å²) in [7, 11) is 0. The molecule has 0 saturated carbocycles. The number of oxime groups is 1. The van der Waals surface area contributed by atoms with Gasteiger partial charge in [0.2, 0.25) is 0 Å². The highest BCUT2D eigenvalue weighted by atomic mass is 16.6. The second-order valence-electron chi connectivity index (χ2n) is 2.99. The van der Waals surface area contributed by atoms with E-state index in [1.807, 2.05) is 0 Å². The van der Waals surface area contributed by atoms with Crippen LogP contribution in [0.4, 0.5) is 0 Å². The summed E-state index contributed by atoms with van der Waals surface area (Å²) in [5.74, 6) is -0.0768. The number of ether oxygens (including phenoxy) is 2. The van der Waals surface area contributed by atoms with Gasteiger partial charge in [0.15, 0.2) is 5.84 Å². The van der Waals surface area contributed by atoms with Gasteiger partial charge >= 0.3 is 6.01 Å². The van der Waals surface area contributed by atoms with Gasteiger partial charge in [-0.3, -0.25) is 0 Å². The lowest BCUT2D eigenvalue weighted by Crippen LogP contribution is -2.39. The molecule has 2 heterocycles. The van der Waals surface area contributed by atoms with Crippen molar-refractivity contribution >= 4 is 5.84 Å². The highest BCUT2D eigenvalue weighted by Gasteiger charge is 2.21. The molecule has 0 atom stereocenters. The summed E-state index contributed by atoms with van der Waals surface area (Å²) in [5, 5.41) is 11.3. The quantitative estimate of drug-likeness (QED) is 0.297. The van der Waals surface area contributed by atoms with Gasteiger partial charge < -0.3 is 20.4 Å². The van der Waals surface area contributed by atoms with Crippen LogP contribution in [0.1, 0.15) is 5.69 Å². The minimum atomic E-state index is -0.0768. The monoisotopic (exact) mass is 210 g/mol. The highest BCUT2D eigenvalue weighted by Crippen LogP contribution is 2.10. The number of amidine groups is 1. The summed E-state index contributed by atoms with van der Waals surface area (Å²) in [4.78, 5) is 7.86. The van der Waals surface area contributed by atoms with Crippen molar-refractivity contribution in [1.29, 1.82) is 0 Å². The van der Waals surface area contributed by atoms with Crippen LogP contribution in [0.5, 0.6) is 6.01 Å². The van der Waals surface area contributed by atoms with E-state index in [1.54, 1.807) is 0 Å². The fraction of sp³-hybridized carbons (Fsp3) is 0.375. The molecule has 0 aliphatic carbocycles. The molecule has 1 aromatic rings. The fourth-order valence-corrected chi connectivity index (χ4v) is 1.02. The van der Waals surface area contributed by atoms with E-state index in [0.29, 0.717) is 18.9 Å². The van der Waals surface area contributed by atoms with E-state index < -0.39 is 0 Å². The Balaban J connectivity index is 2.11. The van der Waals surface area contributed by atoms with Crippen LogP contribution in [-0.2, 0) is 4.74 Å². The molecule has 1 aliphatic rings. The number of hydrogen-bond donors (Lipinski definition) is 2. The first-order valence-corrected chi connectivity index (χ1v) is 4.35. The SMILES string of the molecule is N/C(=N/O)c1ccnc(OC2COC2)n1. The van der Waals surface area contributed by atoms with E-state index in [-0.39, 0.29) is 18.0 Å². The Morgan fingerprint density at radius 3 is 3.07 bits per heavy atom. The number of hydrogen-bond acceptors (Lipinski definition) is 6. The van der Waals surface area contributed by atoms with Gasteiger partial charge in [-0.1, -0.05) is 5.16 Å². The number of aromatic nitrogens is 2. The molecule has 7 heteroatoms. The molecule has 2 rings (SSSR count). The average Bonchev–Trinajstić information content (AvgIpc) is 2.23. The summed E-state index contributed by atoms with van der Waals surface area (Å²) in [5.41, 5.74) is 5.69. The van der Waals surface area contributed by atoms with Crippen molar-refractivity contribution < 1.29 is 14.7 Å². The summed E-state index contributed by atoms with van der Waals surface area (Å²) < 4.78 is 10.3. The molecule has 0 bridgehead atoms. The van der Waals surface area contributed by atoms with Crippen molar-refractivity contribution in [3.63, 3.8) is 0 Å². The van der Waals surface area contributed by atoms with E-state index in [9.17, 15) is 0 Å².